The van der Waals surface area contributed by atoms with Gasteiger partial charge in [-0.05, 0) is 32.7 Å². The lowest BCUT2D eigenvalue weighted by Crippen LogP contribution is -2.48. The number of rotatable bonds is 6. The summed E-state index contributed by atoms with van der Waals surface area (Å²) in [5.74, 6) is 0.873. The van der Waals surface area contributed by atoms with Gasteiger partial charge in [0.15, 0.2) is 0 Å². The van der Waals surface area contributed by atoms with Gasteiger partial charge in [0, 0.05) is 32.2 Å². The Hall–Kier alpha value is -0.0800. The second kappa shape index (κ2) is 10.8. The van der Waals surface area contributed by atoms with Crippen LogP contribution in [0.1, 0.15) is 60.8 Å². The van der Waals surface area contributed by atoms with Gasteiger partial charge in [-0.25, -0.2) is 0 Å². The van der Waals surface area contributed by atoms with Crippen molar-refractivity contribution >= 4 is 0 Å². The van der Waals surface area contributed by atoms with Gasteiger partial charge in [-0.1, -0.05) is 40.5 Å². The molecule has 110 valence electrons. The largest absolute Gasteiger partial charge is 0.301 e. The fourth-order valence-electron chi connectivity index (χ4n) is 2.39. The highest BCUT2D eigenvalue weighted by atomic mass is 15.3. The molecule has 1 aliphatic rings. The first-order chi connectivity index (χ1) is 8.59. The summed E-state index contributed by atoms with van der Waals surface area (Å²) in [4.78, 5) is 5.23. The monoisotopic (exact) mass is 256 g/mol. The summed E-state index contributed by atoms with van der Waals surface area (Å²) >= 11 is 0. The predicted octanol–water partition coefficient (Wildman–Crippen LogP) is 3.86. The molecule has 1 saturated heterocycles. The maximum atomic E-state index is 2.64. The average Bonchev–Trinajstić information content (AvgIpc) is 2.37. The van der Waals surface area contributed by atoms with E-state index in [1.165, 1.54) is 52.0 Å². The number of unbranched alkanes of at least 4 members (excludes halogenated alkanes) is 1. The lowest BCUT2D eigenvalue weighted by atomic mass is 10.1. The fraction of sp³-hybridized carbons (Fsp3) is 1.00. The molecule has 0 aromatic rings. The van der Waals surface area contributed by atoms with E-state index in [2.05, 4.69) is 37.5 Å². The topological polar surface area (TPSA) is 6.48 Å². The molecule has 2 nitrogen and oxygen atoms in total. The lowest BCUT2D eigenvalue weighted by Gasteiger charge is -2.36. The normalized spacial score (nSPS) is 18.0. The Balaban J connectivity index is 0.00000137. The van der Waals surface area contributed by atoms with Gasteiger partial charge in [0.25, 0.3) is 0 Å². The third-order valence-electron chi connectivity index (χ3n) is 3.64. The zero-order valence-electron chi connectivity index (χ0n) is 13.7. The zero-order chi connectivity index (χ0) is 14.0. The van der Waals surface area contributed by atoms with Crippen LogP contribution in [0.2, 0.25) is 0 Å². The maximum absolute atomic E-state index is 2.64. The van der Waals surface area contributed by atoms with Gasteiger partial charge >= 0.3 is 0 Å². The van der Waals surface area contributed by atoms with Gasteiger partial charge in [0.05, 0.1) is 0 Å². The highest BCUT2D eigenvalue weighted by molar-refractivity contribution is 4.74. The van der Waals surface area contributed by atoms with Crippen LogP contribution in [0.3, 0.4) is 0 Å². The molecular weight excluding hydrogens is 220 g/mol. The molecule has 2 heteroatoms. The Bertz CT molecular complexity index is 170. The van der Waals surface area contributed by atoms with Gasteiger partial charge in [-0.15, -0.1) is 0 Å². The fourth-order valence-corrected chi connectivity index (χ4v) is 2.39. The first kappa shape index (κ1) is 17.9. The molecular formula is C16H36N2. The van der Waals surface area contributed by atoms with Gasteiger partial charge in [-0.3, -0.25) is 4.90 Å². The van der Waals surface area contributed by atoms with E-state index in [1.807, 2.05) is 13.8 Å². The van der Waals surface area contributed by atoms with Crippen LogP contribution < -0.4 is 0 Å². The van der Waals surface area contributed by atoms with Crippen LogP contribution >= 0.6 is 0 Å². The van der Waals surface area contributed by atoms with Crippen LogP contribution in [0.25, 0.3) is 0 Å². The van der Waals surface area contributed by atoms with Crippen LogP contribution in [0, 0.1) is 5.92 Å². The van der Waals surface area contributed by atoms with Crippen molar-refractivity contribution in [3.8, 4) is 0 Å². The van der Waals surface area contributed by atoms with E-state index in [4.69, 9.17) is 0 Å². The molecule has 0 amide bonds. The number of nitrogens with zero attached hydrogens (tertiary/aromatic N) is 2. The van der Waals surface area contributed by atoms with Gasteiger partial charge in [0.2, 0.25) is 0 Å². The van der Waals surface area contributed by atoms with Crippen molar-refractivity contribution in [1.82, 2.24) is 9.80 Å². The molecule has 18 heavy (non-hydrogen) atoms. The number of piperazine rings is 1. The minimum Gasteiger partial charge on any atom is -0.301 e. The third-order valence-corrected chi connectivity index (χ3v) is 3.64. The SMILES string of the molecule is CC.CC(C)CCCCN1CCN(C(C)C)CC1. The average molecular weight is 256 g/mol. The molecule has 1 fully saturated rings. The zero-order valence-corrected chi connectivity index (χ0v) is 13.7. The highest BCUT2D eigenvalue weighted by Crippen LogP contribution is 2.09. The summed E-state index contributed by atoms with van der Waals surface area (Å²) in [6.45, 7) is 19.7. The van der Waals surface area contributed by atoms with Crippen LogP contribution in [0.4, 0.5) is 0 Å². The molecule has 1 rings (SSSR count). The van der Waals surface area contributed by atoms with Crippen molar-refractivity contribution in [1.29, 1.82) is 0 Å². The summed E-state index contributed by atoms with van der Waals surface area (Å²) < 4.78 is 0. The Morgan fingerprint density at radius 1 is 0.833 bits per heavy atom. The van der Waals surface area contributed by atoms with Crippen molar-refractivity contribution in [3.63, 3.8) is 0 Å². The molecule has 1 heterocycles. The van der Waals surface area contributed by atoms with Gasteiger partial charge in [0.1, 0.15) is 0 Å². The predicted molar refractivity (Wildman–Crippen MR) is 83.2 cm³/mol. The molecule has 0 atom stereocenters. The van der Waals surface area contributed by atoms with E-state index in [1.54, 1.807) is 0 Å². The Labute approximate surface area is 116 Å². The van der Waals surface area contributed by atoms with Crippen LogP contribution in [0.15, 0.2) is 0 Å². The van der Waals surface area contributed by atoms with E-state index in [0.717, 1.165) is 12.0 Å². The molecule has 0 aliphatic carbocycles. The molecule has 1 aliphatic heterocycles. The Morgan fingerprint density at radius 2 is 1.39 bits per heavy atom. The van der Waals surface area contributed by atoms with E-state index in [-0.39, 0.29) is 0 Å². The minimum absolute atomic E-state index is 0.725. The van der Waals surface area contributed by atoms with Crippen LogP contribution in [-0.2, 0) is 0 Å². The first-order valence-electron chi connectivity index (χ1n) is 8.06. The number of hydrogen-bond donors (Lipinski definition) is 0. The summed E-state index contributed by atoms with van der Waals surface area (Å²) in [7, 11) is 0. The van der Waals surface area contributed by atoms with Gasteiger partial charge < -0.3 is 4.90 Å². The quantitative estimate of drug-likeness (QED) is 0.666. The van der Waals surface area contributed by atoms with Crippen molar-refractivity contribution in [2.24, 2.45) is 5.92 Å². The Morgan fingerprint density at radius 3 is 1.83 bits per heavy atom. The molecule has 0 radical (unpaired) electrons. The molecule has 0 aromatic carbocycles. The summed E-state index contributed by atoms with van der Waals surface area (Å²) in [6.07, 6.45) is 4.19. The Kier molecular flexibility index (Phi) is 10.8. The van der Waals surface area contributed by atoms with E-state index in [0.29, 0.717) is 0 Å². The van der Waals surface area contributed by atoms with Crippen molar-refractivity contribution in [3.05, 3.63) is 0 Å². The molecule has 0 unspecified atom stereocenters. The van der Waals surface area contributed by atoms with Crippen molar-refractivity contribution in [2.45, 2.75) is 66.8 Å². The standard InChI is InChI=1S/C14H30N2.C2H6/c1-13(2)7-5-6-8-15-9-11-16(12-10-15)14(3)4;1-2/h13-14H,5-12H2,1-4H3;1-2H3. The first-order valence-corrected chi connectivity index (χ1v) is 8.06. The van der Waals surface area contributed by atoms with Crippen molar-refractivity contribution < 1.29 is 0 Å². The second-order valence-corrected chi connectivity index (χ2v) is 5.86. The van der Waals surface area contributed by atoms with Crippen LogP contribution in [0.5, 0.6) is 0 Å². The number of hydrogen-bond acceptors (Lipinski definition) is 2. The summed E-state index contributed by atoms with van der Waals surface area (Å²) in [6, 6.07) is 0.725. The smallest absolute Gasteiger partial charge is 0.0113 e. The molecule has 0 aromatic heterocycles. The maximum Gasteiger partial charge on any atom is 0.0113 e. The lowest BCUT2D eigenvalue weighted by molar-refractivity contribution is 0.107. The molecule has 0 saturated carbocycles. The third kappa shape index (κ3) is 8.10. The highest BCUT2D eigenvalue weighted by Gasteiger charge is 2.17. The summed E-state index contributed by atoms with van der Waals surface area (Å²) in [5, 5.41) is 0. The minimum atomic E-state index is 0.725. The molecule has 0 bridgehead atoms. The van der Waals surface area contributed by atoms with E-state index < -0.39 is 0 Å². The van der Waals surface area contributed by atoms with Gasteiger partial charge in [-0.2, -0.15) is 0 Å². The molecule has 0 spiro atoms. The molecule has 0 N–H and O–H groups in total. The second-order valence-electron chi connectivity index (χ2n) is 5.86. The summed E-state index contributed by atoms with van der Waals surface area (Å²) in [5.41, 5.74) is 0. The van der Waals surface area contributed by atoms with Crippen LogP contribution in [-0.4, -0.2) is 48.6 Å². The van der Waals surface area contributed by atoms with E-state index in [9.17, 15) is 0 Å². The van der Waals surface area contributed by atoms with Crippen molar-refractivity contribution in [2.75, 3.05) is 32.7 Å². The van der Waals surface area contributed by atoms with E-state index >= 15 is 0 Å².